The second-order valence-corrected chi connectivity index (χ2v) is 6.17. The molecule has 0 aliphatic carbocycles. The van der Waals surface area contributed by atoms with Crippen molar-refractivity contribution >= 4 is 22.5 Å². The molecular formula is C12H19N3O3S. The molecule has 6 nitrogen and oxygen atoms in total. The summed E-state index contributed by atoms with van der Waals surface area (Å²) in [6, 6.07) is 0. The predicted octanol–water partition coefficient (Wildman–Crippen LogP) is 1.48. The van der Waals surface area contributed by atoms with Gasteiger partial charge in [0.1, 0.15) is 5.82 Å². The topological polar surface area (TPSA) is 92.2 Å². The number of aromatic carboxylic acids is 1. The molecule has 19 heavy (non-hydrogen) atoms. The van der Waals surface area contributed by atoms with Crippen molar-refractivity contribution in [2.45, 2.75) is 26.7 Å². The molecule has 0 saturated heterocycles. The van der Waals surface area contributed by atoms with Crippen molar-refractivity contribution in [3.8, 4) is 0 Å². The van der Waals surface area contributed by atoms with Crippen molar-refractivity contribution in [3.05, 3.63) is 17.7 Å². The van der Waals surface area contributed by atoms with E-state index in [9.17, 15) is 9.00 Å². The molecule has 1 heterocycles. The van der Waals surface area contributed by atoms with Crippen LogP contribution in [0.1, 0.15) is 43.0 Å². The molecule has 1 atom stereocenters. The van der Waals surface area contributed by atoms with Crippen LogP contribution in [0.15, 0.2) is 6.20 Å². The van der Waals surface area contributed by atoms with Crippen LogP contribution in [0.25, 0.3) is 0 Å². The van der Waals surface area contributed by atoms with Gasteiger partial charge in [-0.25, -0.2) is 14.8 Å². The van der Waals surface area contributed by atoms with Crippen LogP contribution >= 0.6 is 0 Å². The summed E-state index contributed by atoms with van der Waals surface area (Å²) in [5, 5.41) is 12.1. The maximum absolute atomic E-state index is 11.3. The predicted molar refractivity (Wildman–Crippen MR) is 75.1 cm³/mol. The molecule has 0 spiro atoms. The third kappa shape index (κ3) is 4.59. The number of hydrogen-bond donors (Lipinski definition) is 2. The molecule has 1 rings (SSSR count). The first kappa shape index (κ1) is 15.6. The van der Waals surface area contributed by atoms with Crippen LogP contribution in [-0.2, 0) is 10.8 Å². The molecule has 2 N–H and O–H groups in total. The fourth-order valence-electron chi connectivity index (χ4n) is 1.41. The van der Waals surface area contributed by atoms with Gasteiger partial charge < -0.3 is 10.4 Å². The Bertz CT molecular complexity index is 477. The van der Waals surface area contributed by atoms with Crippen molar-refractivity contribution in [1.82, 2.24) is 9.97 Å². The van der Waals surface area contributed by atoms with Gasteiger partial charge in [0.2, 0.25) is 0 Å². The lowest BCUT2D eigenvalue weighted by Crippen LogP contribution is -2.16. The highest BCUT2D eigenvalue weighted by Gasteiger charge is 2.15. The van der Waals surface area contributed by atoms with E-state index in [0.29, 0.717) is 29.6 Å². The summed E-state index contributed by atoms with van der Waals surface area (Å²) in [6.45, 7) is 6.08. The second-order valence-electron chi connectivity index (χ2n) is 4.31. The summed E-state index contributed by atoms with van der Waals surface area (Å²) in [7, 11) is -0.880. The number of aromatic nitrogens is 2. The number of nitrogens with one attached hydrogen (secondary N) is 1. The van der Waals surface area contributed by atoms with Gasteiger partial charge in [-0.05, 0) is 0 Å². The average molecular weight is 285 g/mol. The molecule has 106 valence electrons. The Balaban J connectivity index is 2.82. The first-order valence-electron chi connectivity index (χ1n) is 6.14. The van der Waals surface area contributed by atoms with E-state index in [1.54, 1.807) is 0 Å². The van der Waals surface area contributed by atoms with E-state index >= 15 is 0 Å². The van der Waals surface area contributed by atoms with Crippen molar-refractivity contribution in [2.75, 3.05) is 23.4 Å². The molecule has 0 amide bonds. The van der Waals surface area contributed by atoms with E-state index in [2.05, 4.69) is 15.3 Å². The smallest absolute Gasteiger partial charge is 0.356 e. The Morgan fingerprint density at radius 3 is 2.74 bits per heavy atom. The van der Waals surface area contributed by atoms with Crippen LogP contribution in [0.3, 0.4) is 0 Å². The lowest BCUT2D eigenvalue weighted by atomic mass is 10.2. The Morgan fingerprint density at radius 2 is 2.21 bits per heavy atom. The summed E-state index contributed by atoms with van der Waals surface area (Å²) in [5.41, 5.74) is 0.325. The second kappa shape index (κ2) is 7.18. The van der Waals surface area contributed by atoms with Crippen LogP contribution in [0.2, 0.25) is 0 Å². The zero-order valence-electron chi connectivity index (χ0n) is 11.3. The minimum atomic E-state index is -1.09. The van der Waals surface area contributed by atoms with E-state index in [0.717, 1.165) is 0 Å². The lowest BCUT2D eigenvalue weighted by Gasteiger charge is -2.10. The fourth-order valence-corrected chi connectivity index (χ4v) is 2.03. The number of nitrogens with zero attached hydrogens (tertiary/aromatic N) is 2. The minimum Gasteiger partial charge on any atom is -0.476 e. The average Bonchev–Trinajstić information content (AvgIpc) is 2.38. The van der Waals surface area contributed by atoms with Crippen LogP contribution in [-0.4, -0.2) is 43.3 Å². The largest absolute Gasteiger partial charge is 0.476 e. The third-order valence-electron chi connectivity index (χ3n) is 2.49. The molecule has 0 saturated carbocycles. The van der Waals surface area contributed by atoms with Gasteiger partial charge in [0.15, 0.2) is 5.69 Å². The summed E-state index contributed by atoms with van der Waals surface area (Å²) < 4.78 is 11.3. The maximum Gasteiger partial charge on any atom is 0.356 e. The number of anilines is 1. The van der Waals surface area contributed by atoms with E-state index in [1.807, 2.05) is 20.8 Å². The number of rotatable bonds is 7. The van der Waals surface area contributed by atoms with Gasteiger partial charge in [0.05, 0.1) is 11.9 Å². The highest BCUT2D eigenvalue weighted by atomic mass is 32.2. The Kier molecular flexibility index (Phi) is 5.88. The van der Waals surface area contributed by atoms with Crippen molar-refractivity contribution in [3.63, 3.8) is 0 Å². The molecule has 1 aromatic rings. The summed E-state index contributed by atoms with van der Waals surface area (Å²) in [6.07, 6.45) is 1.47. The minimum absolute atomic E-state index is 0.0408. The normalized spacial score (nSPS) is 12.4. The molecular weight excluding hydrogens is 266 g/mol. The van der Waals surface area contributed by atoms with Gasteiger partial charge in [-0.1, -0.05) is 20.8 Å². The molecule has 0 aliphatic heterocycles. The van der Waals surface area contributed by atoms with E-state index < -0.39 is 16.8 Å². The van der Waals surface area contributed by atoms with Gasteiger partial charge in [-0.3, -0.25) is 4.21 Å². The van der Waals surface area contributed by atoms with Gasteiger partial charge in [-0.15, -0.1) is 0 Å². The number of carbonyl (C=O) groups is 1. The van der Waals surface area contributed by atoms with Crippen molar-refractivity contribution in [1.29, 1.82) is 0 Å². The Hall–Kier alpha value is -1.50. The first-order valence-corrected chi connectivity index (χ1v) is 7.63. The van der Waals surface area contributed by atoms with Gasteiger partial charge in [0, 0.05) is 34.8 Å². The maximum atomic E-state index is 11.3. The number of carboxylic acids is 1. The van der Waals surface area contributed by atoms with Gasteiger partial charge >= 0.3 is 5.97 Å². The van der Waals surface area contributed by atoms with E-state index in [1.165, 1.54) is 6.20 Å². The Labute approximate surface area is 115 Å². The molecule has 1 unspecified atom stereocenters. The standard InChI is InChI=1S/C12H19N3O3S/c1-4-19(18)6-5-13-9-7-14-11(8(2)3)15-10(9)12(16)17/h7-8,13H,4-6H2,1-3H3,(H,16,17). The van der Waals surface area contributed by atoms with Crippen LogP contribution in [0, 0.1) is 0 Å². The Morgan fingerprint density at radius 1 is 1.53 bits per heavy atom. The monoisotopic (exact) mass is 285 g/mol. The summed E-state index contributed by atoms with van der Waals surface area (Å²) >= 11 is 0. The quantitative estimate of drug-likeness (QED) is 0.788. The van der Waals surface area contributed by atoms with Crippen LogP contribution < -0.4 is 5.32 Å². The zero-order valence-corrected chi connectivity index (χ0v) is 12.2. The van der Waals surface area contributed by atoms with Gasteiger partial charge in [0.25, 0.3) is 0 Å². The summed E-state index contributed by atoms with van der Waals surface area (Å²) in [5.74, 6) is 0.542. The van der Waals surface area contributed by atoms with E-state index in [-0.39, 0.29) is 11.6 Å². The van der Waals surface area contributed by atoms with Gasteiger partial charge in [-0.2, -0.15) is 0 Å². The molecule has 1 aromatic heterocycles. The molecule has 0 aliphatic rings. The molecule has 0 radical (unpaired) electrons. The molecule has 0 fully saturated rings. The highest BCUT2D eigenvalue weighted by Crippen LogP contribution is 2.16. The number of carboxylic acid groups (broad SMARTS) is 1. The molecule has 0 aromatic carbocycles. The first-order chi connectivity index (χ1) is 8.95. The molecule has 7 heteroatoms. The van der Waals surface area contributed by atoms with Crippen LogP contribution in [0.4, 0.5) is 5.69 Å². The number of hydrogen-bond acceptors (Lipinski definition) is 5. The molecule has 0 bridgehead atoms. The zero-order chi connectivity index (χ0) is 14.4. The SMILES string of the molecule is CCS(=O)CCNc1cnc(C(C)C)nc1C(=O)O. The lowest BCUT2D eigenvalue weighted by molar-refractivity contribution is 0.0691. The summed E-state index contributed by atoms with van der Waals surface area (Å²) in [4.78, 5) is 19.3. The van der Waals surface area contributed by atoms with E-state index in [4.69, 9.17) is 5.11 Å². The fraction of sp³-hybridized carbons (Fsp3) is 0.583. The van der Waals surface area contributed by atoms with Crippen molar-refractivity contribution < 1.29 is 14.1 Å². The highest BCUT2D eigenvalue weighted by molar-refractivity contribution is 7.84. The third-order valence-corrected chi connectivity index (χ3v) is 3.80. The van der Waals surface area contributed by atoms with Crippen molar-refractivity contribution in [2.24, 2.45) is 0 Å². The van der Waals surface area contributed by atoms with Crippen LogP contribution in [0.5, 0.6) is 0 Å².